The minimum Gasteiger partial charge on any atom is -0.344 e. The summed E-state index contributed by atoms with van der Waals surface area (Å²) in [6.45, 7) is 4.89. The van der Waals surface area contributed by atoms with Gasteiger partial charge < -0.3 is 9.55 Å². The Balaban J connectivity index is 1.59. The van der Waals surface area contributed by atoms with Gasteiger partial charge in [0.05, 0.1) is 11.9 Å². The van der Waals surface area contributed by atoms with E-state index in [2.05, 4.69) is 32.0 Å². The van der Waals surface area contributed by atoms with Gasteiger partial charge in [0, 0.05) is 34.3 Å². The maximum absolute atomic E-state index is 13.1. The lowest BCUT2D eigenvalue weighted by molar-refractivity contribution is 0.0949. The van der Waals surface area contributed by atoms with E-state index < -0.39 is 17.4 Å². The van der Waals surface area contributed by atoms with Crippen LogP contribution in [0.1, 0.15) is 28.7 Å². The van der Waals surface area contributed by atoms with Gasteiger partial charge in [-0.2, -0.15) is 10.1 Å². The van der Waals surface area contributed by atoms with Crippen molar-refractivity contribution in [3.05, 3.63) is 87.9 Å². The predicted octanol–water partition coefficient (Wildman–Crippen LogP) is 3.62. The van der Waals surface area contributed by atoms with E-state index in [0.717, 1.165) is 28.7 Å². The van der Waals surface area contributed by atoms with Crippen LogP contribution >= 0.6 is 0 Å². The molecule has 0 unspecified atom stereocenters. The number of benzene rings is 2. The van der Waals surface area contributed by atoms with Crippen LogP contribution in [0.5, 0.6) is 0 Å². The molecule has 1 amide bonds. The zero-order valence-electron chi connectivity index (χ0n) is 17.0. The number of nitrogens with one attached hydrogen (secondary N) is 2. The Morgan fingerprint density at radius 3 is 2.71 bits per heavy atom. The molecule has 156 valence electrons. The molecule has 7 nitrogen and oxygen atoms in total. The quantitative estimate of drug-likeness (QED) is 0.384. The summed E-state index contributed by atoms with van der Waals surface area (Å²) in [6.07, 6.45) is 1.60. The first-order chi connectivity index (χ1) is 15.0. The Morgan fingerprint density at radius 2 is 1.97 bits per heavy atom. The Morgan fingerprint density at radius 1 is 1.23 bits per heavy atom. The molecule has 8 heteroatoms. The van der Waals surface area contributed by atoms with E-state index in [4.69, 9.17) is 0 Å². The third-order valence-corrected chi connectivity index (χ3v) is 5.08. The number of nitrogens with zero attached hydrogens (tertiary/aromatic N) is 3. The molecule has 31 heavy (non-hydrogen) atoms. The maximum atomic E-state index is 13.1. The number of hydrogen-bond donors (Lipinski definition) is 2. The number of para-hydroxylation sites is 1. The molecule has 0 radical (unpaired) electrons. The molecule has 0 aliphatic carbocycles. The molecular weight excluding hydrogens is 397 g/mol. The minimum absolute atomic E-state index is 0.00387. The molecule has 0 saturated carbocycles. The zero-order valence-corrected chi connectivity index (χ0v) is 17.0. The van der Waals surface area contributed by atoms with Crippen LogP contribution in [0.3, 0.4) is 0 Å². The van der Waals surface area contributed by atoms with Crippen molar-refractivity contribution < 1.29 is 9.18 Å². The van der Waals surface area contributed by atoms with Crippen molar-refractivity contribution >= 4 is 23.0 Å². The second-order valence-electron chi connectivity index (χ2n) is 6.95. The first-order valence-corrected chi connectivity index (χ1v) is 9.76. The van der Waals surface area contributed by atoms with E-state index in [0.29, 0.717) is 5.56 Å². The van der Waals surface area contributed by atoms with Crippen LogP contribution < -0.4 is 11.1 Å². The van der Waals surface area contributed by atoms with Gasteiger partial charge in [-0.25, -0.2) is 14.6 Å². The molecular formula is C23H20FN5O2. The van der Waals surface area contributed by atoms with Gasteiger partial charge in [-0.1, -0.05) is 18.2 Å². The molecule has 2 heterocycles. The fourth-order valence-electron chi connectivity index (χ4n) is 3.59. The molecule has 0 aliphatic heterocycles. The summed E-state index contributed by atoms with van der Waals surface area (Å²) >= 11 is 0. The lowest BCUT2D eigenvalue weighted by Gasteiger charge is -2.04. The highest BCUT2D eigenvalue weighted by Crippen LogP contribution is 2.24. The van der Waals surface area contributed by atoms with Crippen molar-refractivity contribution in [2.75, 3.05) is 0 Å². The van der Waals surface area contributed by atoms with Crippen molar-refractivity contribution in [3.8, 4) is 11.3 Å². The minimum atomic E-state index is -0.683. The smallest absolute Gasteiger partial charge is 0.344 e. The molecule has 0 atom stereocenters. The summed E-state index contributed by atoms with van der Waals surface area (Å²) in [6, 6.07) is 14.9. The number of halogens is 1. The average Bonchev–Trinajstić information content (AvgIpc) is 3.04. The predicted molar refractivity (Wildman–Crippen MR) is 118 cm³/mol. The maximum Gasteiger partial charge on any atom is 0.346 e. The molecule has 4 rings (SSSR count). The fourth-order valence-corrected chi connectivity index (χ4v) is 3.59. The number of aromatic amines is 1. The van der Waals surface area contributed by atoms with Crippen LogP contribution in [-0.2, 0) is 6.54 Å². The largest absolute Gasteiger partial charge is 0.346 e. The summed E-state index contributed by atoms with van der Waals surface area (Å²) < 4.78 is 15.3. The van der Waals surface area contributed by atoms with E-state index in [1.165, 1.54) is 30.3 Å². The highest BCUT2D eigenvalue weighted by molar-refractivity contribution is 6.02. The number of carbonyl (C=O) groups excluding carboxylic acids is 1. The molecule has 4 aromatic rings. The van der Waals surface area contributed by atoms with Crippen molar-refractivity contribution in [2.24, 2.45) is 5.10 Å². The van der Waals surface area contributed by atoms with Crippen LogP contribution in [0.25, 0.3) is 22.2 Å². The molecule has 0 saturated heterocycles. The Bertz CT molecular complexity index is 1350. The van der Waals surface area contributed by atoms with Crippen molar-refractivity contribution in [1.82, 2.24) is 20.0 Å². The van der Waals surface area contributed by atoms with Crippen molar-refractivity contribution in [3.63, 3.8) is 0 Å². The normalized spacial score (nSPS) is 11.3. The summed E-state index contributed by atoms with van der Waals surface area (Å²) in [4.78, 5) is 30.7. The number of rotatable bonds is 5. The van der Waals surface area contributed by atoms with Crippen LogP contribution in [0.2, 0.25) is 0 Å². The highest BCUT2D eigenvalue weighted by Gasteiger charge is 2.12. The Kier molecular flexibility index (Phi) is 5.44. The number of aryl methyl sites for hydroxylation is 1. The Hall–Kier alpha value is -4.07. The van der Waals surface area contributed by atoms with E-state index in [-0.39, 0.29) is 11.4 Å². The lowest BCUT2D eigenvalue weighted by Crippen LogP contribution is -2.24. The third kappa shape index (κ3) is 4.00. The molecule has 0 spiro atoms. The summed E-state index contributed by atoms with van der Waals surface area (Å²) in [7, 11) is 0. The van der Waals surface area contributed by atoms with E-state index in [9.17, 15) is 14.0 Å². The molecule has 0 fully saturated rings. The van der Waals surface area contributed by atoms with Gasteiger partial charge in [0.2, 0.25) is 0 Å². The molecule has 2 aromatic carbocycles. The molecule has 0 bridgehead atoms. The van der Waals surface area contributed by atoms with E-state index in [1.54, 1.807) is 6.21 Å². The van der Waals surface area contributed by atoms with Gasteiger partial charge in [0.15, 0.2) is 0 Å². The first-order valence-electron chi connectivity index (χ1n) is 9.76. The summed E-state index contributed by atoms with van der Waals surface area (Å²) in [5, 5.41) is 5.13. The number of aromatic nitrogens is 3. The van der Waals surface area contributed by atoms with Gasteiger partial charge in [0.25, 0.3) is 5.91 Å². The topological polar surface area (TPSA) is 92.1 Å². The number of amides is 1. The zero-order chi connectivity index (χ0) is 22.0. The van der Waals surface area contributed by atoms with Crippen LogP contribution in [0, 0.1) is 12.7 Å². The number of hydrazone groups is 1. The van der Waals surface area contributed by atoms with Gasteiger partial charge in [-0.05, 0) is 50.2 Å². The van der Waals surface area contributed by atoms with Crippen LogP contribution in [0.4, 0.5) is 4.39 Å². The van der Waals surface area contributed by atoms with Gasteiger partial charge >= 0.3 is 5.69 Å². The van der Waals surface area contributed by atoms with Gasteiger partial charge in [-0.15, -0.1) is 0 Å². The number of carbonyl (C=O) groups is 1. The van der Waals surface area contributed by atoms with Gasteiger partial charge in [0.1, 0.15) is 11.5 Å². The summed E-state index contributed by atoms with van der Waals surface area (Å²) in [5.74, 6) is -0.989. The third-order valence-electron chi connectivity index (χ3n) is 5.08. The number of H-pyrrole nitrogens is 1. The first kappa shape index (κ1) is 20.2. The average molecular weight is 417 g/mol. The second-order valence-corrected chi connectivity index (χ2v) is 6.95. The Labute approximate surface area is 177 Å². The van der Waals surface area contributed by atoms with Crippen LogP contribution in [0.15, 0.2) is 64.5 Å². The molecule has 2 aromatic heterocycles. The number of fused-ring (bicyclic) bond motifs is 1. The van der Waals surface area contributed by atoms with Crippen molar-refractivity contribution in [2.45, 2.75) is 20.4 Å². The fraction of sp³-hybridized carbons (Fsp3) is 0.130. The van der Waals surface area contributed by atoms with E-state index >= 15 is 0 Å². The lowest BCUT2D eigenvalue weighted by atomic mass is 10.1. The van der Waals surface area contributed by atoms with Crippen LogP contribution in [-0.4, -0.2) is 26.7 Å². The monoisotopic (exact) mass is 417 g/mol. The molecule has 0 aliphatic rings. The summed E-state index contributed by atoms with van der Waals surface area (Å²) in [5.41, 5.74) is 5.60. The highest BCUT2D eigenvalue weighted by atomic mass is 19.1. The number of hydrogen-bond acceptors (Lipinski definition) is 4. The van der Waals surface area contributed by atoms with E-state index in [1.807, 2.05) is 31.2 Å². The van der Waals surface area contributed by atoms with Gasteiger partial charge in [-0.3, -0.25) is 4.79 Å². The molecule has 2 N–H and O–H groups in total. The second kappa shape index (κ2) is 8.35. The SMILES string of the molecule is CCn1c(C)c(/C=N/NC(=O)c2cc(-c3ccc(F)cc3)nc(=O)[nH]2)c2ccccc21. The van der Waals surface area contributed by atoms with Crippen molar-refractivity contribution in [1.29, 1.82) is 0 Å². The standard InChI is InChI=1S/C23H20FN5O2/c1-3-29-14(2)18(17-6-4-5-7-21(17)29)13-25-28-22(30)20-12-19(26-23(31)27-20)15-8-10-16(24)11-9-15/h4-13H,3H2,1-2H3,(H,28,30)(H,26,27,31)/b25-13+.